The molecule has 0 radical (unpaired) electrons. The van der Waals surface area contributed by atoms with Crippen molar-refractivity contribution in [2.24, 2.45) is 0 Å². The molecule has 1 aliphatic heterocycles. The van der Waals surface area contributed by atoms with Gasteiger partial charge in [-0.1, -0.05) is 37.6 Å². The number of hydrogen-bond donors (Lipinski definition) is 2. The zero-order valence-corrected chi connectivity index (χ0v) is 14.2. The van der Waals surface area contributed by atoms with Crippen molar-refractivity contribution in [3.63, 3.8) is 0 Å². The van der Waals surface area contributed by atoms with Crippen LogP contribution in [0.25, 0.3) is 0 Å². The molecule has 0 amide bonds. The first kappa shape index (κ1) is 17.9. The van der Waals surface area contributed by atoms with E-state index in [4.69, 9.17) is 10.5 Å². The molecule has 0 bridgehead atoms. The minimum Gasteiger partial charge on any atom is -0.392 e. The molecular weight excluding hydrogens is 305 g/mol. The number of aliphatic hydroxyl groups is 1. The molecule has 1 aliphatic rings. The van der Waals surface area contributed by atoms with Crippen LogP contribution in [0.2, 0.25) is 0 Å². The van der Waals surface area contributed by atoms with Crippen molar-refractivity contribution in [3.05, 3.63) is 71.6 Å². The summed E-state index contributed by atoms with van der Waals surface area (Å²) in [5.41, 5.74) is 1.70. The summed E-state index contributed by atoms with van der Waals surface area (Å²) in [4.78, 5) is 3.88. The van der Waals surface area contributed by atoms with Crippen LogP contribution < -0.4 is 0 Å². The number of hydrogen-bond acceptors (Lipinski definition) is 4. The van der Waals surface area contributed by atoms with Crippen molar-refractivity contribution in [1.29, 1.82) is 5.41 Å². The minimum atomic E-state index is -0.290. The maximum absolute atomic E-state index is 14.4. The second-order valence-electron chi connectivity index (χ2n) is 5.71. The first-order chi connectivity index (χ1) is 11.6. The lowest BCUT2D eigenvalue weighted by Crippen LogP contribution is -2.20. The van der Waals surface area contributed by atoms with Crippen LogP contribution in [0.1, 0.15) is 30.9 Å². The highest BCUT2D eigenvalue weighted by atomic mass is 19.1. The van der Waals surface area contributed by atoms with Gasteiger partial charge in [-0.25, -0.2) is 4.39 Å². The summed E-state index contributed by atoms with van der Waals surface area (Å²) in [7, 11) is 1.92. The Balaban J connectivity index is 2.15. The lowest BCUT2D eigenvalue weighted by molar-refractivity contribution is 0.342. The molecule has 4 nitrogen and oxygen atoms in total. The third kappa shape index (κ3) is 4.32. The van der Waals surface area contributed by atoms with Gasteiger partial charge in [0.25, 0.3) is 0 Å². The van der Waals surface area contributed by atoms with Gasteiger partial charge in [0.15, 0.2) is 0 Å². The summed E-state index contributed by atoms with van der Waals surface area (Å²) >= 11 is 0. The van der Waals surface area contributed by atoms with Crippen molar-refractivity contribution < 1.29 is 9.50 Å². The first-order valence-corrected chi connectivity index (χ1v) is 8.08. The van der Waals surface area contributed by atoms with E-state index in [9.17, 15) is 4.39 Å². The van der Waals surface area contributed by atoms with Crippen molar-refractivity contribution in [3.8, 4) is 0 Å². The molecular formula is C19H24FN3O. The molecule has 0 aromatic heterocycles. The number of nitrogens with zero attached hydrogens (tertiary/aromatic N) is 2. The molecule has 0 atom stereocenters. The molecule has 0 spiro atoms. The average Bonchev–Trinajstić information content (AvgIpc) is 2.90. The quantitative estimate of drug-likeness (QED) is 0.752. The third-order valence-corrected chi connectivity index (χ3v) is 3.85. The first-order valence-electron chi connectivity index (χ1n) is 8.08. The van der Waals surface area contributed by atoms with Gasteiger partial charge >= 0.3 is 0 Å². The smallest absolute Gasteiger partial charge is 0.128 e. The SMILES string of the molecule is CCCC(=N)c1ccc(CN2C=CN(C)/C2=C\C=C\CO)c(F)c1. The Morgan fingerprint density at radius 3 is 2.79 bits per heavy atom. The maximum atomic E-state index is 14.4. The number of halogens is 1. The molecule has 128 valence electrons. The number of rotatable bonds is 7. The van der Waals surface area contributed by atoms with E-state index in [1.165, 1.54) is 6.07 Å². The van der Waals surface area contributed by atoms with Crippen molar-refractivity contribution in [1.82, 2.24) is 9.80 Å². The van der Waals surface area contributed by atoms with Crippen LogP contribution in [0.5, 0.6) is 0 Å². The fraction of sp³-hybridized carbons (Fsp3) is 0.316. The standard InChI is InChI=1S/C19H24FN3O/c1-3-6-18(21)15-8-9-16(17(20)13-15)14-23-11-10-22(2)19(23)7-4-5-12-24/h4-5,7-11,13,21,24H,3,6,12,14H2,1-2H3/b5-4+,19-7+,21-18?. The highest BCUT2D eigenvalue weighted by Crippen LogP contribution is 2.23. The van der Waals surface area contributed by atoms with E-state index in [1.807, 2.05) is 48.3 Å². The normalized spacial score (nSPS) is 15.9. The minimum absolute atomic E-state index is 0.0132. The van der Waals surface area contributed by atoms with Gasteiger partial charge in [0.2, 0.25) is 0 Å². The van der Waals surface area contributed by atoms with Crippen LogP contribution >= 0.6 is 0 Å². The monoisotopic (exact) mass is 329 g/mol. The highest BCUT2D eigenvalue weighted by molar-refractivity contribution is 5.98. The predicted molar refractivity (Wildman–Crippen MR) is 94.9 cm³/mol. The second-order valence-corrected chi connectivity index (χ2v) is 5.71. The predicted octanol–water partition coefficient (Wildman–Crippen LogP) is 3.60. The number of aliphatic hydroxyl groups excluding tert-OH is 1. The van der Waals surface area contributed by atoms with E-state index in [0.717, 1.165) is 12.2 Å². The molecule has 0 unspecified atom stereocenters. The van der Waals surface area contributed by atoms with Gasteiger partial charge in [0.1, 0.15) is 11.6 Å². The van der Waals surface area contributed by atoms with Crippen LogP contribution in [0.4, 0.5) is 4.39 Å². The van der Waals surface area contributed by atoms with E-state index in [2.05, 4.69) is 0 Å². The number of nitrogens with one attached hydrogen (secondary N) is 1. The van der Waals surface area contributed by atoms with E-state index < -0.39 is 0 Å². The van der Waals surface area contributed by atoms with Crippen molar-refractivity contribution in [2.45, 2.75) is 26.3 Å². The van der Waals surface area contributed by atoms with Crippen molar-refractivity contribution >= 4 is 5.71 Å². The second kappa shape index (κ2) is 8.45. The largest absolute Gasteiger partial charge is 0.392 e. The summed E-state index contributed by atoms with van der Waals surface area (Å²) in [6.07, 6.45) is 10.6. The fourth-order valence-corrected chi connectivity index (χ4v) is 2.54. The molecule has 1 heterocycles. The zero-order chi connectivity index (χ0) is 17.5. The third-order valence-electron chi connectivity index (χ3n) is 3.85. The van der Waals surface area contributed by atoms with E-state index in [-0.39, 0.29) is 12.4 Å². The molecule has 2 rings (SSSR count). The Hall–Kier alpha value is -2.40. The van der Waals surface area contributed by atoms with Crippen LogP contribution in [0.3, 0.4) is 0 Å². The Morgan fingerprint density at radius 2 is 2.12 bits per heavy atom. The average molecular weight is 329 g/mol. The zero-order valence-electron chi connectivity index (χ0n) is 14.2. The van der Waals surface area contributed by atoms with Crippen LogP contribution in [0, 0.1) is 11.2 Å². The van der Waals surface area contributed by atoms with Crippen LogP contribution in [-0.2, 0) is 6.54 Å². The van der Waals surface area contributed by atoms with Gasteiger partial charge in [0, 0.05) is 30.7 Å². The highest BCUT2D eigenvalue weighted by Gasteiger charge is 2.18. The van der Waals surface area contributed by atoms with Gasteiger partial charge in [-0.15, -0.1) is 0 Å². The van der Waals surface area contributed by atoms with E-state index in [0.29, 0.717) is 29.8 Å². The lowest BCUT2D eigenvalue weighted by Gasteiger charge is -2.22. The van der Waals surface area contributed by atoms with Gasteiger partial charge in [-0.3, -0.25) is 0 Å². The molecule has 0 saturated heterocycles. The van der Waals surface area contributed by atoms with Crippen LogP contribution in [-0.4, -0.2) is 34.3 Å². The van der Waals surface area contributed by atoms with Gasteiger partial charge in [-0.05, 0) is 24.1 Å². The molecule has 24 heavy (non-hydrogen) atoms. The maximum Gasteiger partial charge on any atom is 0.128 e. The Kier molecular flexibility index (Phi) is 6.32. The Labute approximate surface area is 142 Å². The summed E-state index contributed by atoms with van der Waals surface area (Å²) < 4.78 is 14.4. The molecule has 0 aliphatic carbocycles. The topological polar surface area (TPSA) is 50.6 Å². The Morgan fingerprint density at radius 1 is 1.33 bits per heavy atom. The summed E-state index contributed by atoms with van der Waals surface area (Å²) in [5.74, 6) is 0.614. The molecule has 1 aromatic rings. The molecule has 2 N–H and O–H groups in total. The number of allylic oxidation sites excluding steroid dienone is 2. The van der Waals surface area contributed by atoms with Crippen molar-refractivity contribution in [2.75, 3.05) is 13.7 Å². The van der Waals surface area contributed by atoms with Crippen LogP contribution in [0.15, 0.2) is 54.6 Å². The molecule has 1 aromatic carbocycles. The fourth-order valence-electron chi connectivity index (χ4n) is 2.54. The molecule has 0 saturated carbocycles. The van der Waals surface area contributed by atoms with E-state index >= 15 is 0 Å². The summed E-state index contributed by atoms with van der Waals surface area (Å²) in [5, 5.41) is 16.8. The summed E-state index contributed by atoms with van der Waals surface area (Å²) in [6, 6.07) is 5.02. The van der Waals surface area contributed by atoms with Gasteiger partial charge in [-0.2, -0.15) is 0 Å². The molecule has 5 heteroatoms. The summed E-state index contributed by atoms with van der Waals surface area (Å²) in [6.45, 7) is 2.40. The Bertz CT molecular complexity index is 679. The lowest BCUT2D eigenvalue weighted by atomic mass is 10.0. The molecule has 0 fully saturated rings. The van der Waals surface area contributed by atoms with Gasteiger partial charge in [0.05, 0.1) is 13.2 Å². The van der Waals surface area contributed by atoms with Gasteiger partial charge < -0.3 is 20.3 Å². The van der Waals surface area contributed by atoms with E-state index in [1.54, 1.807) is 18.2 Å². The number of benzene rings is 1.